The number of esters is 1. The van der Waals surface area contributed by atoms with Crippen LogP contribution in [0.4, 0.5) is 20.6 Å². The van der Waals surface area contributed by atoms with E-state index in [4.69, 9.17) is 9.47 Å². The minimum absolute atomic E-state index is 0.00104. The van der Waals surface area contributed by atoms with Gasteiger partial charge in [0.25, 0.3) is 5.91 Å². The summed E-state index contributed by atoms with van der Waals surface area (Å²) >= 11 is 0. The van der Waals surface area contributed by atoms with Crippen LogP contribution in [0.1, 0.15) is 31.1 Å². The van der Waals surface area contributed by atoms with E-state index in [-0.39, 0.29) is 11.3 Å². The Morgan fingerprint density at radius 1 is 0.964 bits per heavy atom. The molecule has 0 aliphatic rings. The van der Waals surface area contributed by atoms with Crippen LogP contribution in [0, 0.1) is 5.82 Å². The van der Waals surface area contributed by atoms with Crippen molar-refractivity contribution in [3.63, 3.8) is 0 Å². The Hall–Kier alpha value is -3.42. The van der Waals surface area contributed by atoms with Crippen molar-refractivity contribution in [1.29, 1.82) is 0 Å². The predicted octanol–water partition coefficient (Wildman–Crippen LogP) is 3.97. The first-order valence-electron chi connectivity index (χ1n) is 8.45. The van der Waals surface area contributed by atoms with Crippen LogP contribution in [0.5, 0.6) is 0 Å². The number of halogens is 1. The van der Waals surface area contributed by atoms with Crippen LogP contribution in [-0.4, -0.2) is 30.2 Å². The van der Waals surface area contributed by atoms with E-state index in [0.29, 0.717) is 5.69 Å². The highest BCUT2D eigenvalue weighted by Gasteiger charge is 2.16. The Labute approximate surface area is 161 Å². The van der Waals surface area contributed by atoms with Gasteiger partial charge in [-0.3, -0.25) is 10.1 Å². The summed E-state index contributed by atoms with van der Waals surface area (Å²) in [5.41, 5.74) is -0.00509. The van der Waals surface area contributed by atoms with Crippen LogP contribution in [0.3, 0.4) is 0 Å². The molecule has 2 rings (SSSR count). The van der Waals surface area contributed by atoms with Gasteiger partial charge in [0.1, 0.15) is 11.4 Å². The molecule has 148 valence electrons. The summed E-state index contributed by atoms with van der Waals surface area (Å²) in [7, 11) is 0. The molecule has 2 amide bonds. The Balaban J connectivity index is 1.85. The molecule has 0 saturated carbocycles. The van der Waals surface area contributed by atoms with Crippen molar-refractivity contribution in [3.05, 3.63) is 59.9 Å². The number of hydrogen-bond donors (Lipinski definition) is 2. The molecule has 0 radical (unpaired) electrons. The molecule has 2 aromatic rings. The van der Waals surface area contributed by atoms with E-state index in [1.165, 1.54) is 42.5 Å². The van der Waals surface area contributed by atoms with Crippen molar-refractivity contribution in [2.45, 2.75) is 26.4 Å². The molecule has 0 bridgehead atoms. The molecule has 8 heteroatoms. The molecule has 0 atom stereocenters. The highest BCUT2D eigenvalue weighted by molar-refractivity contribution is 5.96. The molecule has 0 saturated heterocycles. The molecule has 2 N–H and O–H groups in total. The quantitative estimate of drug-likeness (QED) is 0.756. The Bertz CT molecular complexity index is 860. The topological polar surface area (TPSA) is 93.7 Å². The number of carbonyl (C=O) groups is 3. The lowest BCUT2D eigenvalue weighted by Crippen LogP contribution is -2.27. The van der Waals surface area contributed by atoms with E-state index in [1.54, 1.807) is 26.8 Å². The minimum Gasteiger partial charge on any atom is -0.452 e. The largest absolute Gasteiger partial charge is 0.452 e. The average molecular weight is 388 g/mol. The van der Waals surface area contributed by atoms with Crippen molar-refractivity contribution in [2.75, 3.05) is 17.2 Å². The molecule has 28 heavy (non-hydrogen) atoms. The first kappa shape index (κ1) is 20.9. The molecule has 0 unspecified atom stereocenters. The molecule has 0 aliphatic carbocycles. The van der Waals surface area contributed by atoms with Gasteiger partial charge in [0, 0.05) is 5.69 Å². The molecule has 0 aromatic heterocycles. The average Bonchev–Trinajstić information content (AvgIpc) is 2.60. The lowest BCUT2D eigenvalue weighted by atomic mass is 10.2. The van der Waals surface area contributed by atoms with Crippen LogP contribution in [0.2, 0.25) is 0 Å². The van der Waals surface area contributed by atoms with Gasteiger partial charge in [-0.2, -0.15) is 0 Å². The molecular formula is C20H21FN2O5. The lowest BCUT2D eigenvalue weighted by Gasteiger charge is -2.19. The highest BCUT2D eigenvalue weighted by Crippen LogP contribution is 2.14. The smallest absolute Gasteiger partial charge is 0.412 e. The number of carbonyl (C=O) groups excluding carboxylic acids is 3. The summed E-state index contributed by atoms with van der Waals surface area (Å²) < 4.78 is 23.5. The first-order chi connectivity index (χ1) is 13.1. The number of nitrogens with one attached hydrogen (secondary N) is 2. The van der Waals surface area contributed by atoms with Crippen LogP contribution in [0.15, 0.2) is 48.5 Å². The third-order valence-electron chi connectivity index (χ3n) is 3.25. The zero-order chi connectivity index (χ0) is 20.7. The normalized spacial score (nSPS) is 10.7. The van der Waals surface area contributed by atoms with Gasteiger partial charge in [0.15, 0.2) is 6.61 Å². The van der Waals surface area contributed by atoms with Crippen molar-refractivity contribution in [3.8, 4) is 0 Å². The van der Waals surface area contributed by atoms with E-state index < -0.39 is 36.0 Å². The summed E-state index contributed by atoms with van der Waals surface area (Å²) in [6.07, 6.45) is -0.618. The van der Waals surface area contributed by atoms with Gasteiger partial charge in [-0.05, 0) is 57.2 Å². The fourth-order valence-electron chi connectivity index (χ4n) is 2.07. The van der Waals surface area contributed by atoms with Gasteiger partial charge in [0.2, 0.25) is 0 Å². The summed E-state index contributed by atoms with van der Waals surface area (Å²) in [6, 6.07) is 11.5. The SMILES string of the molecule is CC(C)(C)OC(=O)Nc1ccc(C(=O)OCC(=O)Nc2ccccc2F)cc1. The van der Waals surface area contributed by atoms with Crippen molar-refractivity contribution in [2.24, 2.45) is 0 Å². The maximum Gasteiger partial charge on any atom is 0.412 e. The van der Waals surface area contributed by atoms with E-state index in [0.717, 1.165) is 0 Å². The fraction of sp³-hybridized carbons (Fsp3) is 0.250. The summed E-state index contributed by atoms with van der Waals surface area (Å²) in [5, 5.41) is 4.85. The van der Waals surface area contributed by atoms with Crippen LogP contribution >= 0.6 is 0 Å². The maximum absolute atomic E-state index is 13.5. The number of anilines is 2. The van der Waals surface area contributed by atoms with Crippen molar-refractivity contribution >= 4 is 29.3 Å². The van der Waals surface area contributed by atoms with Crippen LogP contribution < -0.4 is 10.6 Å². The maximum atomic E-state index is 13.5. The van der Waals surface area contributed by atoms with E-state index in [1.807, 2.05) is 0 Å². The molecule has 0 heterocycles. The van der Waals surface area contributed by atoms with Crippen LogP contribution in [-0.2, 0) is 14.3 Å². The molecule has 0 fully saturated rings. The van der Waals surface area contributed by atoms with Crippen LogP contribution in [0.25, 0.3) is 0 Å². The Morgan fingerprint density at radius 3 is 2.21 bits per heavy atom. The molecule has 0 spiro atoms. The molecular weight excluding hydrogens is 367 g/mol. The second-order valence-electron chi connectivity index (χ2n) is 6.81. The second-order valence-corrected chi connectivity index (χ2v) is 6.81. The molecule has 2 aromatic carbocycles. The van der Waals surface area contributed by atoms with Gasteiger partial charge < -0.3 is 14.8 Å². The zero-order valence-corrected chi connectivity index (χ0v) is 15.7. The third-order valence-corrected chi connectivity index (χ3v) is 3.25. The Kier molecular flexibility index (Phi) is 6.70. The number of para-hydroxylation sites is 1. The Morgan fingerprint density at radius 2 is 1.61 bits per heavy atom. The van der Waals surface area contributed by atoms with Gasteiger partial charge in [-0.1, -0.05) is 12.1 Å². The number of ether oxygens (including phenoxy) is 2. The van der Waals surface area contributed by atoms with E-state index in [2.05, 4.69) is 10.6 Å². The van der Waals surface area contributed by atoms with E-state index >= 15 is 0 Å². The minimum atomic E-state index is -0.729. The van der Waals surface area contributed by atoms with Gasteiger partial charge in [-0.25, -0.2) is 14.0 Å². The zero-order valence-electron chi connectivity index (χ0n) is 15.7. The number of rotatable bonds is 5. The van der Waals surface area contributed by atoms with Crippen molar-refractivity contribution < 1.29 is 28.2 Å². The standard InChI is InChI=1S/C20H21FN2O5/c1-20(2,3)28-19(26)22-14-10-8-13(9-11-14)18(25)27-12-17(24)23-16-7-5-4-6-15(16)21/h4-11H,12H2,1-3H3,(H,22,26)(H,23,24). The van der Waals surface area contributed by atoms with Gasteiger partial charge in [-0.15, -0.1) is 0 Å². The molecule has 7 nitrogen and oxygen atoms in total. The van der Waals surface area contributed by atoms with E-state index in [9.17, 15) is 18.8 Å². The van der Waals surface area contributed by atoms with Gasteiger partial charge >= 0.3 is 12.1 Å². The van der Waals surface area contributed by atoms with Crippen molar-refractivity contribution in [1.82, 2.24) is 0 Å². The predicted molar refractivity (Wildman–Crippen MR) is 102 cm³/mol. The molecule has 0 aliphatic heterocycles. The summed E-state index contributed by atoms with van der Waals surface area (Å²) in [4.78, 5) is 35.5. The monoisotopic (exact) mass is 388 g/mol. The fourth-order valence-corrected chi connectivity index (χ4v) is 2.07. The highest BCUT2D eigenvalue weighted by atomic mass is 19.1. The lowest BCUT2D eigenvalue weighted by molar-refractivity contribution is -0.119. The van der Waals surface area contributed by atoms with Gasteiger partial charge in [0.05, 0.1) is 11.3 Å². The second kappa shape index (κ2) is 8.98. The third kappa shape index (κ3) is 6.71. The number of benzene rings is 2. The number of hydrogen-bond acceptors (Lipinski definition) is 5. The number of amides is 2. The summed E-state index contributed by atoms with van der Waals surface area (Å²) in [5.74, 6) is -1.98. The summed E-state index contributed by atoms with van der Waals surface area (Å²) in [6.45, 7) is 4.67. The first-order valence-corrected chi connectivity index (χ1v) is 8.45.